The highest BCUT2D eigenvalue weighted by Crippen LogP contribution is 2.26. The van der Waals surface area contributed by atoms with E-state index in [2.05, 4.69) is 20.6 Å². The van der Waals surface area contributed by atoms with Gasteiger partial charge < -0.3 is 14.1 Å². The quantitative estimate of drug-likeness (QED) is 0.740. The van der Waals surface area contributed by atoms with Crippen LogP contribution in [-0.2, 0) is 11.2 Å². The minimum atomic E-state index is 0.00283. The molecule has 1 N–H and O–H groups in total. The van der Waals surface area contributed by atoms with E-state index in [1.54, 1.807) is 25.3 Å². The van der Waals surface area contributed by atoms with Gasteiger partial charge in [-0.25, -0.2) is 0 Å². The van der Waals surface area contributed by atoms with E-state index in [0.29, 0.717) is 18.0 Å². The lowest BCUT2D eigenvalue weighted by Gasteiger charge is -2.19. The van der Waals surface area contributed by atoms with Crippen molar-refractivity contribution in [2.24, 2.45) is 0 Å². The van der Waals surface area contributed by atoms with Crippen molar-refractivity contribution in [1.29, 1.82) is 0 Å². The number of aromatic nitrogens is 4. The number of carbonyl (C=O) groups is 1. The number of aromatic amines is 1. The van der Waals surface area contributed by atoms with Gasteiger partial charge in [0, 0.05) is 36.5 Å². The third-order valence-corrected chi connectivity index (χ3v) is 3.98. The van der Waals surface area contributed by atoms with Gasteiger partial charge in [0.25, 0.3) is 0 Å². The number of likely N-dealkylation sites (N-methyl/N-ethyl adjacent to an activating group) is 1. The Morgan fingerprint density at radius 3 is 3.00 bits per heavy atom. The predicted molar refractivity (Wildman–Crippen MR) is 86.7 cm³/mol. The summed E-state index contributed by atoms with van der Waals surface area (Å²) in [6.07, 6.45) is 1.90. The minimum Gasteiger partial charge on any atom is -0.497 e. The predicted octanol–water partition coefficient (Wildman–Crippen LogP) is 1.76. The van der Waals surface area contributed by atoms with Crippen molar-refractivity contribution in [3.05, 3.63) is 35.9 Å². The van der Waals surface area contributed by atoms with E-state index in [-0.39, 0.29) is 18.2 Å². The van der Waals surface area contributed by atoms with Crippen LogP contribution in [0.3, 0.4) is 0 Å². The Balaban J connectivity index is 1.68. The highest BCUT2D eigenvalue weighted by Gasteiger charge is 2.18. The van der Waals surface area contributed by atoms with Crippen LogP contribution in [0.2, 0.25) is 0 Å². The molecule has 0 aliphatic rings. The minimum absolute atomic E-state index is 0.00283. The molecule has 8 heteroatoms. The number of furan rings is 1. The fourth-order valence-corrected chi connectivity index (χ4v) is 2.60. The zero-order valence-corrected chi connectivity index (χ0v) is 13.8. The van der Waals surface area contributed by atoms with Gasteiger partial charge in [-0.15, -0.1) is 10.2 Å². The molecule has 2 aromatic heterocycles. The van der Waals surface area contributed by atoms with Crippen molar-refractivity contribution in [1.82, 2.24) is 25.5 Å². The SMILES string of the molecule is COc1ccc2c(CC(=O)N(C)CC(C)c3nn[nH]n3)coc2c1. The van der Waals surface area contributed by atoms with E-state index in [1.165, 1.54) is 0 Å². The molecule has 0 aliphatic carbocycles. The van der Waals surface area contributed by atoms with E-state index in [4.69, 9.17) is 9.15 Å². The smallest absolute Gasteiger partial charge is 0.226 e. The number of ether oxygens (including phenoxy) is 1. The molecular formula is C16H19N5O3. The van der Waals surface area contributed by atoms with Crippen molar-refractivity contribution >= 4 is 16.9 Å². The first-order chi connectivity index (χ1) is 11.6. The van der Waals surface area contributed by atoms with Gasteiger partial charge in [-0.2, -0.15) is 5.21 Å². The average Bonchev–Trinajstić information content (AvgIpc) is 3.24. The number of nitrogens with zero attached hydrogens (tertiary/aromatic N) is 4. The van der Waals surface area contributed by atoms with Gasteiger partial charge in [-0.05, 0) is 12.1 Å². The molecule has 24 heavy (non-hydrogen) atoms. The summed E-state index contributed by atoms with van der Waals surface area (Å²) < 4.78 is 10.7. The van der Waals surface area contributed by atoms with Gasteiger partial charge in [0.05, 0.1) is 19.8 Å². The summed E-state index contributed by atoms with van der Waals surface area (Å²) in [6.45, 7) is 2.47. The first-order valence-corrected chi connectivity index (χ1v) is 7.60. The van der Waals surface area contributed by atoms with Crippen LogP contribution < -0.4 is 4.74 Å². The Morgan fingerprint density at radius 2 is 2.29 bits per heavy atom. The third-order valence-electron chi connectivity index (χ3n) is 3.98. The summed E-state index contributed by atoms with van der Waals surface area (Å²) in [7, 11) is 3.37. The van der Waals surface area contributed by atoms with Crippen LogP contribution >= 0.6 is 0 Å². The van der Waals surface area contributed by atoms with Crippen molar-refractivity contribution in [2.75, 3.05) is 20.7 Å². The molecule has 1 atom stereocenters. The highest BCUT2D eigenvalue weighted by atomic mass is 16.5. The maximum absolute atomic E-state index is 12.5. The summed E-state index contributed by atoms with van der Waals surface area (Å²) >= 11 is 0. The molecule has 1 aromatic carbocycles. The standard InChI is InChI=1S/C16H19N5O3/c1-10(16-17-19-20-18-16)8-21(2)15(22)6-11-9-24-14-7-12(23-3)4-5-13(11)14/h4-5,7,9-10H,6,8H2,1-3H3,(H,17,18,19,20). The highest BCUT2D eigenvalue weighted by molar-refractivity contribution is 5.88. The number of fused-ring (bicyclic) bond motifs is 1. The number of tetrazole rings is 1. The lowest BCUT2D eigenvalue weighted by Crippen LogP contribution is -2.31. The lowest BCUT2D eigenvalue weighted by molar-refractivity contribution is -0.129. The van der Waals surface area contributed by atoms with Crippen LogP contribution in [0, 0.1) is 0 Å². The van der Waals surface area contributed by atoms with E-state index in [9.17, 15) is 4.79 Å². The summed E-state index contributed by atoms with van der Waals surface area (Å²) in [5.41, 5.74) is 1.57. The molecule has 1 amide bonds. The summed E-state index contributed by atoms with van der Waals surface area (Å²) in [5.74, 6) is 1.32. The molecule has 1 unspecified atom stereocenters. The molecule has 0 aliphatic heterocycles. The van der Waals surface area contributed by atoms with Crippen molar-refractivity contribution < 1.29 is 13.9 Å². The van der Waals surface area contributed by atoms with Crippen LogP contribution in [-0.4, -0.2) is 52.1 Å². The summed E-state index contributed by atoms with van der Waals surface area (Å²) in [6, 6.07) is 5.57. The topological polar surface area (TPSA) is 97.1 Å². The van der Waals surface area contributed by atoms with Crippen LogP contribution in [0.25, 0.3) is 11.0 Å². The zero-order chi connectivity index (χ0) is 17.1. The van der Waals surface area contributed by atoms with Crippen molar-refractivity contribution in [3.8, 4) is 5.75 Å². The van der Waals surface area contributed by atoms with Crippen LogP contribution in [0.15, 0.2) is 28.9 Å². The number of rotatable bonds is 6. The Bertz CT molecular complexity index is 827. The first kappa shape index (κ1) is 16.0. The van der Waals surface area contributed by atoms with Crippen LogP contribution in [0.5, 0.6) is 5.75 Å². The molecule has 2 heterocycles. The molecule has 0 saturated carbocycles. The largest absolute Gasteiger partial charge is 0.497 e. The fourth-order valence-electron chi connectivity index (χ4n) is 2.60. The molecule has 0 fully saturated rings. The number of amides is 1. The molecule has 3 rings (SSSR count). The normalized spacial score (nSPS) is 12.3. The van der Waals surface area contributed by atoms with E-state index >= 15 is 0 Å². The molecule has 0 radical (unpaired) electrons. The second-order valence-electron chi connectivity index (χ2n) is 5.75. The van der Waals surface area contributed by atoms with Crippen LogP contribution in [0.1, 0.15) is 24.2 Å². The summed E-state index contributed by atoms with van der Waals surface area (Å²) in [5, 5.41) is 14.8. The number of methoxy groups -OCH3 is 1. The second kappa shape index (κ2) is 6.69. The number of nitrogens with one attached hydrogen (secondary N) is 1. The van der Waals surface area contributed by atoms with Gasteiger partial charge in [0.2, 0.25) is 5.91 Å². The van der Waals surface area contributed by atoms with Crippen molar-refractivity contribution in [2.45, 2.75) is 19.3 Å². The number of hydrogen-bond acceptors (Lipinski definition) is 6. The number of H-pyrrole nitrogens is 1. The number of benzene rings is 1. The molecule has 8 nitrogen and oxygen atoms in total. The third kappa shape index (κ3) is 3.22. The molecule has 3 aromatic rings. The first-order valence-electron chi connectivity index (χ1n) is 7.60. The molecule has 0 spiro atoms. The molecular weight excluding hydrogens is 310 g/mol. The maximum atomic E-state index is 12.5. The fraction of sp³-hybridized carbons (Fsp3) is 0.375. The average molecular weight is 329 g/mol. The van der Waals surface area contributed by atoms with E-state index < -0.39 is 0 Å². The van der Waals surface area contributed by atoms with Gasteiger partial charge in [0.15, 0.2) is 5.82 Å². The Kier molecular flexibility index (Phi) is 4.45. The maximum Gasteiger partial charge on any atom is 0.226 e. The monoisotopic (exact) mass is 329 g/mol. The van der Waals surface area contributed by atoms with Gasteiger partial charge in [-0.3, -0.25) is 4.79 Å². The molecule has 126 valence electrons. The zero-order valence-electron chi connectivity index (χ0n) is 13.8. The summed E-state index contributed by atoms with van der Waals surface area (Å²) in [4.78, 5) is 14.1. The van der Waals surface area contributed by atoms with Crippen molar-refractivity contribution in [3.63, 3.8) is 0 Å². The van der Waals surface area contributed by atoms with Gasteiger partial charge in [0.1, 0.15) is 11.3 Å². The Morgan fingerprint density at radius 1 is 1.46 bits per heavy atom. The molecule has 0 bridgehead atoms. The number of hydrogen-bond donors (Lipinski definition) is 1. The van der Waals surface area contributed by atoms with Crippen LogP contribution in [0.4, 0.5) is 0 Å². The van der Waals surface area contributed by atoms with Gasteiger partial charge >= 0.3 is 0 Å². The van der Waals surface area contributed by atoms with E-state index in [1.807, 2.05) is 25.1 Å². The van der Waals surface area contributed by atoms with E-state index in [0.717, 1.165) is 16.7 Å². The lowest BCUT2D eigenvalue weighted by atomic mass is 10.1. The number of carbonyl (C=O) groups excluding carboxylic acids is 1. The second-order valence-corrected chi connectivity index (χ2v) is 5.75. The van der Waals surface area contributed by atoms with Gasteiger partial charge in [-0.1, -0.05) is 12.1 Å². The Labute approximate surface area is 138 Å². The Hall–Kier alpha value is -2.90. The molecule has 0 saturated heterocycles.